The van der Waals surface area contributed by atoms with E-state index < -0.39 is 34.3 Å². The molecule has 0 fully saturated rings. The molecule has 0 unspecified atom stereocenters. The fourth-order valence-corrected chi connectivity index (χ4v) is 3.49. The number of ketones is 1. The van der Waals surface area contributed by atoms with E-state index in [9.17, 15) is 23.6 Å². The highest BCUT2D eigenvalue weighted by Gasteiger charge is 2.31. The molecule has 0 saturated heterocycles. The molecule has 3 rings (SSSR count). The first kappa shape index (κ1) is 25.7. The zero-order valence-electron chi connectivity index (χ0n) is 20.5. The summed E-state index contributed by atoms with van der Waals surface area (Å²) in [7, 11) is 1.47. The zero-order chi connectivity index (χ0) is 26.1. The molecule has 0 aliphatic heterocycles. The molecular weight excluding hydrogens is 455 g/mol. The number of aryl methyl sites for hydroxylation is 1. The van der Waals surface area contributed by atoms with E-state index in [0.29, 0.717) is 16.6 Å². The van der Waals surface area contributed by atoms with Crippen LogP contribution in [-0.4, -0.2) is 33.9 Å². The van der Waals surface area contributed by atoms with Crippen LogP contribution in [0.3, 0.4) is 0 Å². The number of pyridine rings is 2. The van der Waals surface area contributed by atoms with Gasteiger partial charge in [-0.15, -0.1) is 0 Å². The summed E-state index contributed by atoms with van der Waals surface area (Å²) in [6.45, 7) is 7.90. The molecule has 0 atom stereocenters. The van der Waals surface area contributed by atoms with Crippen molar-refractivity contribution in [1.29, 1.82) is 0 Å². The van der Waals surface area contributed by atoms with Crippen molar-refractivity contribution in [2.75, 3.05) is 6.61 Å². The number of benzene rings is 1. The Morgan fingerprint density at radius 3 is 2.43 bits per heavy atom. The van der Waals surface area contributed by atoms with Crippen LogP contribution in [0.15, 0.2) is 35.3 Å². The SMILES string of the molecule is CCOC(=O)c1c(OC(=O)C(C)(C)C)c2ncc(Cc3ccc(F)cc3C(C)=O)cc2n(C)c1=O. The number of carbonyl (C=O) groups excluding carboxylic acids is 3. The lowest BCUT2D eigenvalue weighted by Gasteiger charge is -2.19. The van der Waals surface area contributed by atoms with Crippen LogP contribution >= 0.6 is 0 Å². The van der Waals surface area contributed by atoms with Gasteiger partial charge in [-0.25, -0.2) is 9.18 Å². The Morgan fingerprint density at radius 2 is 1.83 bits per heavy atom. The molecule has 0 radical (unpaired) electrons. The van der Waals surface area contributed by atoms with Gasteiger partial charge in [-0.05, 0) is 70.4 Å². The van der Waals surface area contributed by atoms with Gasteiger partial charge in [0.15, 0.2) is 17.1 Å². The molecule has 0 bridgehead atoms. The summed E-state index contributed by atoms with van der Waals surface area (Å²) in [4.78, 5) is 54.8. The number of hydrogen-bond acceptors (Lipinski definition) is 7. The topological polar surface area (TPSA) is 105 Å². The van der Waals surface area contributed by atoms with Gasteiger partial charge in [-0.3, -0.25) is 19.4 Å². The van der Waals surface area contributed by atoms with Crippen molar-refractivity contribution >= 4 is 28.8 Å². The predicted octanol–water partition coefficient (Wildman–Crippen LogP) is 3.99. The first-order valence-electron chi connectivity index (χ1n) is 11.1. The lowest BCUT2D eigenvalue weighted by molar-refractivity contribution is -0.142. The monoisotopic (exact) mass is 482 g/mol. The Balaban J connectivity index is 2.22. The third-order valence-corrected chi connectivity index (χ3v) is 5.38. The van der Waals surface area contributed by atoms with Crippen molar-refractivity contribution in [2.45, 2.75) is 41.0 Å². The van der Waals surface area contributed by atoms with Crippen LogP contribution in [0, 0.1) is 11.2 Å². The van der Waals surface area contributed by atoms with Crippen molar-refractivity contribution in [3.05, 3.63) is 68.9 Å². The molecule has 0 aliphatic carbocycles. The van der Waals surface area contributed by atoms with Gasteiger partial charge in [0.25, 0.3) is 5.56 Å². The quantitative estimate of drug-likeness (QED) is 0.386. The second-order valence-corrected chi connectivity index (χ2v) is 9.17. The summed E-state index contributed by atoms with van der Waals surface area (Å²) in [5.74, 6) is -2.64. The Kier molecular flexibility index (Phi) is 7.19. The highest BCUT2D eigenvalue weighted by atomic mass is 19.1. The van der Waals surface area contributed by atoms with E-state index in [-0.39, 0.29) is 35.6 Å². The lowest BCUT2D eigenvalue weighted by Crippen LogP contribution is -2.31. The first-order chi connectivity index (χ1) is 16.3. The highest BCUT2D eigenvalue weighted by Crippen LogP contribution is 2.30. The normalized spacial score (nSPS) is 11.4. The van der Waals surface area contributed by atoms with E-state index >= 15 is 0 Å². The van der Waals surface area contributed by atoms with Crippen LogP contribution in [0.1, 0.15) is 66.5 Å². The Hall–Kier alpha value is -3.88. The maximum Gasteiger partial charge on any atom is 0.347 e. The average Bonchev–Trinajstić information content (AvgIpc) is 2.77. The summed E-state index contributed by atoms with van der Waals surface area (Å²) >= 11 is 0. The number of nitrogens with zero attached hydrogens (tertiary/aromatic N) is 2. The maximum atomic E-state index is 13.7. The Bertz CT molecular complexity index is 1400. The number of esters is 2. The van der Waals surface area contributed by atoms with Crippen LogP contribution in [0.25, 0.3) is 11.0 Å². The Labute approximate surface area is 201 Å². The van der Waals surface area contributed by atoms with E-state index in [1.54, 1.807) is 33.8 Å². The van der Waals surface area contributed by atoms with E-state index in [2.05, 4.69) is 4.98 Å². The minimum Gasteiger partial charge on any atom is -0.462 e. The fourth-order valence-electron chi connectivity index (χ4n) is 3.49. The molecule has 3 aromatic rings. The molecule has 0 saturated carbocycles. The first-order valence-corrected chi connectivity index (χ1v) is 11.1. The van der Waals surface area contributed by atoms with Gasteiger partial charge >= 0.3 is 11.9 Å². The smallest absolute Gasteiger partial charge is 0.347 e. The van der Waals surface area contributed by atoms with Crippen molar-refractivity contribution < 1.29 is 28.2 Å². The molecule has 2 heterocycles. The van der Waals surface area contributed by atoms with Crippen molar-refractivity contribution in [2.24, 2.45) is 12.5 Å². The number of ether oxygens (including phenoxy) is 2. The third-order valence-electron chi connectivity index (χ3n) is 5.38. The number of aromatic nitrogens is 2. The van der Waals surface area contributed by atoms with Gasteiger partial charge in [-0.2, -0.15) is 0 Å². The highest BCUT2D eigenvalue weighted by molar-refractivity contribution is 6.00. The molecule has 0 N–H and O–H groups in total. The number of Topliss-reactive ketones (excluding diaryl/α,β-unsaturated/α-hetero) is 1. The lowest BCUT2D eigenvalue weighted by atomic mass is 9.97. The fraction of sp³-hybridized carbons (Fsp3) is 0.346. The molecule has 9 heteroatoms. The van der Waals surface area contributed by atoms with Crippen molar-refractivity contribution in [1.82, 2.24) is 9.55 Å². The summed E-state index contributed by atoms with van der Waals surface area (Å²) in [5.41, 5.74) is -0.144. The van der Waals surface area contributed by atoms with Crippen LogP contribution in [-0.2, 0) is 23.0 Å². The molecule has 35 heavy (non-hydrogen) atoms. The average molecular weight is 483 g/mol. The van der Waals surface area contributed by atoms with E-state index in [1.807, 2.05) is 0 Å². The molecule has 0 amide bonds. The van der Waals surface area contributed by atoms with Gasteiger partial charge in [0.2, 0.25) is 0 Å². The Morgan fingerprint density at radius 1 is 1.14 bits per heavy atom. The van der Waals surface area contributed by atoms with Gasteiger partial charge in [0, 0.05) is 18.8 Å². The minimum atomic E-state index is -0.921. The molecule has 184 valence electrons. The second-order valence-electron chi connectivity index (χ2n) is 9.17. The predicted molar refractivity (Wildman–Crippen MR) is 127 cm³/mol. The van der Waals surface area contributed by atoms with Crippen LogP contribution in [0.5, 0.6) is 5.75 Å². The number of fused-ring (bicyclic) bond motifs is 1. The third kappa shape index (κ3) is 5.29. The summed E-state index contributed by atoms with van der Waals surface area (Å²) in [6, 6.07) is 5.62. The van der Waals surface area contributed by atoms with Crippen LogP contribution < -0.4 is 10.3 Å². The van der Waals surface area contributed by atoms with Crippen molar-refractivity contribution in [3.8, 4) is 5.75 Å². The summed E-state index contributed by atoms with van der Waals surface area (Å²) in [6.07, 6.45) is 1.73. The summed E-state index contributed by atoms with van der Waals surface area (Å²) in [5, 5.41) is 0. The van der Waals surface area contributed by atoms with Crippen LogP contribution in [0.4, 0.5) is 4.39 Å². The molecule has 0 aliphatic rings. The number of rotatable bonds is 6. The number of halogens is 1. The molecule has 1 aromatic carbocycles. The molecule has 0 spiro atoms. The zero-order valence-corrected chi connectivity index (χ0v) is 20.5. The number of hydrogen-bond donors (Lipinski definition) is 0. The van der Waals surface area contributed by atoms with E-state index in [0.717, 1.165) is 0 Å². The van der Waals surface area contributed by atoms with Crippen LogP contribution in [0.2, 0.25) is 0 Å². The standard InChI is InChI=1S/C26H27FN2O6/c1-7-34-24(32)20-22(35-25(33)26(3,4)5)21-19(29(6)23(20)31)11-15(13-28-21)10-16-8-9-17(27)12-18(16)14(2)30/h8-9,11-13H,7,10H2,1-6H3. The largest absolute Gasteiger partial charge is 0.462 e. The van der Waals surface area contributed by atoms with Crippen molar-refractivity contribution in [3.63, 3.8) is 0 Å². The van der Waals surface area contributed by atoms with Gasteiger partial charge in [0.1, 0.15) is 11.3 Å². The van der Waals surface area contributed by atoms with Gasteiger partial charge in [0.05, 0.1) is 17.5 Å². The summed E-state index contributed by atoms with van der Waals surface area (Å²) < 4.78 is 25.5. The maximum absolute atomic E-state index is 13.7. The van der Waals surface area contributed by atoms with Gasteiger partial charge < -0.3 is 14.0 Å². The molecule has 2 aromatic heterocycles. The minimum absolute atomic E-state index is 0.0230. The van der Waals surface area contributed by atoms with E-state index in [1.165, 1.54) is 42.9 Å². The number of carbonyl (C=O) groups is 3. The second kappa shape index (κ2) is 9.77. The van der Waals surface area contributed by atoms with Gasteiger partial charge in [-0.1, -0.05) is 6.07 Å². The molecule has 8 nitrogen and oxygen atoms in total. The van der Waals surface area contributed by atoms with E-state index in [4.69, 9.17) is 9.47 Å². The molecular formula is C26H27FN2O6.